The lowest BCUT2D eigenvalue weighted by Gasteiger charge is -2.32. The van der Waals surface area contributed by atoms with Crippen LogP contribution in [0.2, 0.25) is 0 Å². The van der Waals surface area contributed by atoms with Gasteiger partial charge in [-0.2, -0.15) is 0 Å². The van der Waals surface area contributed by atoms with E-state index in [1.807, 2.05) is 6.92 Å². The van der Waals surface area contributed by atoms with Crippen LogP contribution in [-0.2, 0) is 4.79 Å². The molecule has 6 heteroatoms. The summed E-state index contributed by atoms with van der Waals surface area (Å²) >= 11 is 0. The molecule has 1 aliphatic heterocycles. The second kappa shape index (κ2) is 12.8. The number of hydrogen-bond donors (Lipinski definition) is 3. The first-order valence-corrected chi connectivity index (χ1v) is 9.34. The Hall–Kier alpha value is -1.56. The number of carbonyl (C=O) groups excluding carboxylic acids is 1. The highest BCUT2D eigenvalue weighted by Gasteiger charge is 2.21. The first-order valence-electron chi connectivity index (χ1n) is 9.34. The highest BCUT2D eigenvalue weighted by molar-refractivity contribution is 5.80. The highest BCUT2D eigenvalue weighted by atomic mass is 16.2. The molecule has 24 heavy (non-hydrogen) atoms. The lowest BCUT2D eigenvalue weighted by molar-refractivity contribution is -0.122. The molecular weight excluding hydrogens is 302 g/mol. The van der Waals surface area contributed by atoms with Gasteiger partial charge < -0.3 is 16.0 Å². The summed E-state index contributed by atoms with van der Waals surface area (Å²) in [5.74, 6) is 1.04. The van der Waals surface area contributed by atoms with Gasteiger partial charge in [-0.1, -0.05) is 19.1 Å². The number of hydrogen-bond acceptors (Lipinski definition) is 3. The van der Waals surface area contributed by atoms with Gasteiger partial charge in [-0.05, 0) is 39.5 Å². The molecule has 1 rings (SSSR count). The summed E-state index contributed by atoms with van der Waals surface area (Å²) in [6.45, 7) is 11.0. The van der Waals surface area contributed by atoms with Crippen LogP contribution >= 0.6 is 0 Å². The quantitative estimate of drug-likeness (QED) is 0.258. The number of rotatable bonds is 9. The molecule has 0 radical (unpaired) electrons. The number of carbonyl (C=O) groups is 1. The number of amides is 1. The van der Waals surface area contributed by atoms with Crippen LogP contribution in [0.25, 0.3) is 0 Å². The third kappa shape index (κ3) is 8.91. The largest absolute Gasteiger partial charge is 0.357 e. The van der Waals surface area contributed by atoms with E-state index < -0.39 is 0 Å². The van der Waals surface area contributed by atoms with Crippen LogP contribution in [0.15, 0.2) is 17.1 Å². The molecule has 0 aromatic rings. The zero-order chi connectivity index (χ0) is 17.6. The third-order valence-electron chi connectivity index (χ3n) is 4.01. The van der Waals surface area contributed by atoms with E-state index in [1.54, 1.807) is 0 Å². The Morgan fingerprint density at radius 1 is 1.25 bits per heavy atom. The Kier molecular flexibility index (Phi) is 10.9. The maximum Gasteiger partial charge on any atom is 0.234 e. The van der Waals surface area contributed by atoms with Gasteiger partial charge >= 0.3 is 0 Å². The number of nitrogens with zero attached hydrogens (tertiary/aromatic N) is 2. The molecule has 0 bridgehead atoms. The average Bonchev–Trinajstić information content (AvgIpc) is 2.58. The summed E-state index contributed by atoms with van der Waals surface area (Å²) in [6, 6.07) is 0.430. The number of aliphatic imine (C=N–C) groups is 1. The molecule has 0 aromatic heterocycles. The summed E-state index contributed by atoms with van der Waals surface area (Å²) in [7, 11) is 0. The molecule has 0 aromatic carbocycles. The van der Waals surface area contributed by atoms with Gasteiger partial charge in [0.1, 0.15) is 0 Å². The lowest BCUT2D eigenvalue weighted by atomic mass is 10.1. The van der Waals surface area contributed by atoms with Gasteiger partial charge in [0.2, 0.25) is 5.91 Å². The van der Waals surface area contributed by atoms with E-state index in [-0.39, 0.29) is 5.91 Å². The fraction of sp³-hybridized carbons (Fsp3) is 0.778. The maximum atomic E-state index is 11.8. The molecule has 0 aliphatic carbocycles. The van der Waals surface area contributed by atoms with Gasteiger partial charge in [-0.25, -0.2) is 0 Å². The molecule has 0 saturated carbocycles. The van der Waals surface area contributed by atoms with Crippen LogP contribution in [0, 0.1) is 0 Å². The zero-order valence-corrected chi connectivity index (χ0v) is 15.6. The van der Waals surface area contributed by atoms with Crippen molar-refractivity contribution >= 4 is 11.9 Å². The zero-order valence-electron chi connectivity index (χ0n) is 15.6. The first-order chi connectivity index (χ1) is 11.7. The molecule has 138 valence electrons. The van der Waals surface area contributed by atoms with E-state index in [1.165, 1.54) is 0 Å². The second-order valence-corrected chi connectivity index (χ2v) is 6.16. The normalized spacial score (nSPS) is 17.2. The Morgan fingerprint density at radius 3 is 2.62 bits per heavy atom. The predicted molar refractivity (Wildman–Crippen MR) is 101 cm³/mol. The minimum atomic E-state index is 0.141. The van der Waals surface area contributed by atoms with Gasteiger partial charge in [-0.15, -0.1) is 0 Å². The van der Waals surface area contributed by atoms with Gasteiger partial charge in [0.05, 0.1) is 6.54 Å². The van der Waals surface area contributed by atoms with Gasteiger partial charge in [-0.3, -0.25) is 14.7 Å². The Labute approximate surface area is 147 Å². The molecule has 6 nitrogen and oxygen atoms in total. The van der Waals surface area contributed by atoms with Crippen molar-refractivity contribution in [2.45, 2.75) is 52.5 Å². The van der Waals surface area contributed by atoms with Crippen molar-refractivity contribution < 1.29 is 4.79 Å². The highest BCUT2D eigenvalue weighted by Crippen LogP contribution is 2.09. The number of guanidine groups is 1. The van der Waals surface area contributed by atoms with Crippen molar-refractivity contribution in [3.63, 3.8) is 0 Å². The minimum Gasteiger partial charge on any atom is -0.357 e. The summed E-state index contributed by atoms with van der Waals surface area (Å²) in [4.78, 5) is 18.6. The van der Waals surface area contributed by atoms with Gasteiger partial charge in [0.25, 0.3) is 0 Å². The average molecular weight is 338 g/mol. The first kappa shape index (κ1) is 20.5. The summed E-state index contributed by atoms with van der Waals surface area (Å²) in [6.07, 6.45) is 8.23. The van der Waals surface area contributed by atoms with Crippen molar-refractivity contribution in [3.8, 4) is 0 Å². The van der Waals surface area contributed by atoms with E-state index in [9.17, 15) is 4.79 Å². The molecule has 1 aliphatic rings. The third-order valence-corrected chi connectivity index (χ3v) is 4.01. The van der Waals surface area contributed by atoms with Crippen molar-refractivity contribution in [1.82, 2.24) is 20.9 Å². The van der Waals surface area contributed by atoms with Gasteiger partial charge in [0, 0.05) is 38.8 Å². The summed E-state index contributed by atoms with van der Waals surface area (Å²) in [5.41, 5.74) is 0. The summed E-state index contributed by atoms with van der Waals surface area (Å²) in [5, 5.41) is 9.78. The van der Waals surface area contributed by atoms with E-state index in [0.29, 0.717) is 12.6 Å². The lowest BCUT2D eigenvalue weighted by Crippen LogP contribution is -2.50. The Balaban J connectivity index is 2.32. The van der Waals surface area contributed by atoms with Crippen molar-refractivity contribution in [2.24, 2.45) is 4.99 Å². The van der Waals surface area contributed by atoms with E-state index in [2.05, 4.69) is 51.8 Å². The molecule has 0 unspecified atom stereocenters. The smallest absolute Gasteiger partial charge is 0.234 e. The predicted octanol–water partition coefficient (Wildman–Crippen LogP) is 1.50. The van der Waals surface area contributed by atoms with Crippen LogP contribution in [0.4, 0.5) is 0 Å². The number of allylic oxidation sites excluding steroid dienone is 1. The molecular formula is C18H35N5O. The molecule has 3 N–H and O–H groups in total. The molecule has 1 saturated heterocycles. The molecule has 1 amide bonds. The van der Waals surface area contributed by atoms with Crippen LogP contribution in [-0.4, -0.2) is 62.1 Å². The van der Waals surface area contributed by atoms with E-state index in [0.717, 1.165) is 64.4 Å². The van der Waals surface area contributed by atoms with Crippen LogP contribution in [0.1, 0.15) is 46.5 Å². The Bertz CT molecular complexity index is 400. The number of nitrogens with one attached hydrogen (secondary N) is 3. The number of likely N-dealkylation sites (tertiary alicyclic amines) is 1. The molecule has 0 spiro atoms. The van der Waals surface area contributed by atoms with Crippen LogP contribution < -0.4 is 16.0 Å². The second-order valence-electron chi connectivity index (χ2n) is 6.16. The van der Waals surface area contributed by atoms with Crippen molar-refractivity contribution in [1.29, 1.82) is 0 Å². The maximum absolute atomic E-state index is 11.8. The fourth-order valence-corrected chi connectivity index (χ4v) is 2.69. The summed E-state index contributed by atoms with van der Waals surface area (Å²) < 4.78 is 0. The standard InChI is InChI=1S/C18H35N5O/c1-4-7-8-12-21-18(19-6-3)22-16-9-13-23(14-10-16)15-17(24)20-11-5-2/h4,7,16H,5-6,8-15H2,1-3H3,(H,20,24)(H2,19,21,22)/b7-4+. The van der Waals surface area contributed by atoms with Gasteiger partial charge in [0.15, 0.2) is 5.96 Å². The minimum absolute atomic E-state index is 0.141. The number of piperidine rings is 1. The SMILES string of the molecule is C/C=C/CCN=C(NCC)NC1CCN(CC(=O)NCCC)CC1. The molecule has 1 heterocycles. The van der Waals surface area contributed by atoms with Crippen molar-refractivity contribution in [2.75, 3.05) is 39.3 Å². The monoisotopic (exact) mass is 337 g/mol. The van der Waals surface area contributed by atoms with E-state index >= 15 is 0 Å². The van der Waals surface area contributed by atoms with Crippen molar-refractivity contribution in [3.05, 3.63) is 12.2 Å². The van der Waals surface area contributed by atoms with E-state index in [4.69, 9.17) is 0 Å². The fourth-order valence-electron chi connectivity index (χ4n) is 2.69. The van der Waals surface area contributed by atoms with Crippen LogP contribution in [0.5, 0.6) is 0 Å². The van der Waals surface area contributed by atoms with Crippen LogP contribution in [0.3, 0.4) is 0 Å². The topological polar surface area (TPSA) is 68.8 Å². The molecule has 1 fully saturated rings. The molecule has 0 atom stereocenters. The Morgan fingerprint density at radius 2 is 2.00 bits per heavy atom.